The summed E-state index contributed by atoms with van der Waals surface area (Å²) in [6.45, 7) is 3.03. The SMILES string of the molecule is CCNC(c1ccc2c(c1)NC(=O)CC(=O)N2)C1CCC1. The predicted octanol–water partition coefficient (Wildman–Crippen LogP) is 2.42. The molecular weight excluding hydrogens is 266 g/mol. The number of fused-ring (bicyclic) bond motifs is 1. The number of nitrogens with one attached hydrogen (secondary N) is 3. The predicted molar refractivity (Wildman–Crippen MR) is 82.1 cm³/mol. The van der Waals surface area contributed by atoms with Crippen molar-refractivity contribution in [2.45, 2.75) is 38.6 Å². The van der Waals surface area contributed by atoms with E-state index in [0.29, 0.717) is 23.3 Å². The maximum Gasteiger partial charge on any atom is 0.233 e. The molecule has 2 amide bonds. The molecule has 0 aromatic heterocycles. The normalized spacial score (nSPS) is 19.9. The molecular formula is C16H21N3O2. The third-order valence-corrected chi connectivity index (χ3v) is 4.32. The summed E-state index contributed by atoms with van der Waals surface area (Å²) in [6.07, 6.45) is 3.67. The van der Waals surface area contributed by atoms with Crippen LogP contribution in [0.15, 0.2) is 18.2 Å². The molecule has 0 spiro atoms. The zero-order chi connectivity index (χ0) is 14.8. The van der Waals surface area contributed by atoms with Crippen LogP contribution in [0, 0.1) is 5.92 Å². The zero-order valence-corrected chi connectivity index (χ0v) is 12.2. The molecule has 1 aliphatic heterocycles. The molecule has 1 unspecified atom stereocenters. The first-order chi connectivity index (χ1) is 10.2. The van der Waals surface area contributed by atoms with Crippen LogP contribution in [0.1, 0.15) is 44.2 Å². The van der Waals surface area contributed by atoms with Crippen molar-refractivity contribution in [3.05, 3.63) is 23.8 Å². The van der Waals surface area contributed by atoms with Gasteiger partial charge in [0.15, 0.2) is 0 Å². The van der Waals surface area contributed by atoms with Gasteiger partial charge in [0.25, 0.3) is 0 Å². The fourth-order valence-electron chi connectivity index (χ4n) is 3.05. The van der Waals surface area contributed by atoms with Crippen LogP contribution in [0.2, 0.25) is 0 Å². The molecule has 1 saturated carbocycles. The highest BCUT2D eigenvalue weighted by molar-refractivity contribution is 6.13. The first kappa shape index (κ1) is 14.1. The van der Waals surface area contributed by atoms with Crippen LogP contribution in [-0.4, -0.2) is 18.4 Å². The first-order valence-corrected chi connectivity index (χ1v) is 7.64. The Kier molecular flexibility index (Phi) is 3.92. The van der Waals surface area contributed by atoms with Gasteiger partial charge in [-0.3, -0.25) is 9.59 Å². The molecule has 21 heavy (non-hydrogen) atoms. The first-order valence-electron chi connectivity index (χ1n) is 7.64. The van der Waals surface area contributed by atoms with Crippen molar-refractivity contribution in [3.8, 4) is 0 Å². The lowest BCUT2D eigenvalue weighted by molar-refractivity contribution is -0.123. The summed E-state index contributed by atoms with van der Waals surface area (Å²) in [7, 11) is 0. The molecule has 112 valence electrons. The highest BCUT2D eigenvalue weighted by Crippen LogP contribution is 2.39. The van der Waals surface area contributed by atoms with Crippen molar-refractivity contribution in [1.29, 1.82) is 0 Å². The molecule has 1 aliphatic carbocycles. The number of carbonyl (C=O) groups is 2. The lowest BCUT2D eigenvalue weighted by Crippen LogP contribution is -2.32. The standard InChI is InChI=1S/C16H21N3O2/c1-2-17-16(10-4-3-5-10)11-6-7-12-13(8-11)19-15(21)9-14(20)18-12/h6-8,10,16-17H,2-5,9H2,1H3,(H,18,20)(H,19,21). The molecule has 3 N–H and O–H groups in total. The molecule has 1 fully saturated rings. The van der Waals surface area contributed by atoms with Gasteiger partial charge in [0, 0.05) is 6.04 Å². The Labute approximate surface area is 124 Å². The smallest absolute Gasteiger partial charge is 0.233 e. The van der Waals surface area contributed by atoms with Crippen molar-refractivity contribution in [3.63, 3.8) is 0 Å². The Hall–Kier alpha value is -1.88. The van der Waals surface area contributed by atoms with Crippen LogP contribution in [0.4, 0.5) is 11.4 Å². The molecule has 2 aliphatic rings. The lowest BCUT2D eigenvalue weighted by atomic mass is 9.77. The number of anilines is 2. The zero-order valence-electron chi connectivity index (χ0n) is 12.2. The summed E-state index contributed by atoms with van der Waals surface area (Å²) < 4.78 is 0. The van der Waals surface area contributed by atoms with E-state index in [2.05, 4.69) is 22.9 Å². The lowest BCUT2D eigenvalue weighted by Gasteiger charge is -2.35. The highest BCUT2D eigenvalue weighted by atomic mass is 16.2. The molecule has 3 rings (SSSR count). The van der Waals surface area contributed by atoms with Gasteiger partial charge >= 0.3 is 0 Å². The number of carbonyl (C=O) groups excluding carboxylic acids is 2. The number of hydrogen-bond donors (Lipinski definition) is 3. The molecule has 0 saturated heterocycles. The van der Waals surface area contributed by atoms with Gasteiger partial charge in [0.2, 0.25) is 11.8 Å². The monoisotopic (exact) mass is 287 g/mol. The molecule has 0 bridgehead atoms. The van der Waals surface area contributed by atoms with E-state index in [0.717, 1.165) is 6.54 Å². The summed E-state index contributed by atoms with van der Waals surface area (Å²) in [4.78, 5) is 23.2. The second kappa shape index (κ2) is 5.85. The van der Waals surface area contributed by atoms with E-state index < -0.39 is 0 Å². The third-order valence-electron chi connectivity index (χ3n) is 4.32. The second-order valence-corrected chi connectivity index (χ2v) is 5.80. The van der Waals surface area contributed by atoms with Crippen molar-refractivity contribution >= 4 is 23.2 Å². The third kappa shape index (κ3) is 2.93. The van der Waals surface area contributed by atoms with Gasteiger partial charge in [0.1, 0.15) is 6.42 Å². The van der Waals surface area contributed by atoms with Crippen LogP contribution in [-0.2, 0) is 9.59 Å². The summed E-state index contributed by atoms with van der Waals surface area (Å²) in [5.74, 6) is 0.146. The largest absolute Gasteiger partial charge is 0.324 e. The summed E-state index contributed by atoms with van der Waals surface area (Å²) >= 11 is 0. The number of rotatable bonds is 4. The minimum absolute atomic E-state index is 0.122. The number of hydrogen-bond acceptors (Lipinski definition) is 3. The van der Waals surface area contributed by atoms with Crippen LogP contribution < -0.4 is 16.0 Å². The summed E-state index contributed by atoms with van der Waals surface area (Å²) in [6, 6.07) is 6.24. The van der Waals surface area contributed by atoms with Crippen LogP contribution in [0.5, 0.6) is 0 Å². The van der Waals surface area contributed by atoms with E-state index in [1.165, 1.54) is 24.8 Å². The van der Waals surface area contributed by atoms with E-state index in [4.69, 9.17) is 0 Å². The minimum Gasteiger partial charge on any atom is -0.324 e. The van der Waals surface area contributed by atoms with Crippen LogP contribution in [0.25, 0.3) is 0 Å². The molecule has 1 aromatic carbocycles. The van der Waals surface area contributed by atoms with Gasteiger partial charge in [-0.2, -0.15) is 0 Å². The molecule has 1 aromatic rings. The number of amides is 2. The molecule has 1 atom stereocenters. The topological polar surface area (TPSA) is 70.2 Å². The molecule has 1 heterocycles. The second-order valence-electron chi connectivity index (χ2n) is 5.80. The van der Waals surface area contributed by atoms with E-state index in [-0.39, 0.29) is 18.2 Å². The van der Waals surface area contributed by atoms with E-state index in [9.17, 15) is 9.59 Å². The van der Waals surface area contributed by atoms with Crippen molar-refractivity contribution in [2.75, 3.05) is 17.2 Å². The average molecular weight is 287 g/mol. The van der Waals surface area contributed by atoms with Crippen LogP contribution in [0.3, 0.4) is 0 Å². The van der Waals surface area contributed by atoms with Gasteiger partial charge in [-0.25, -0.2) is 0 Å². The summed E-state index contributed by atoms with van der Waals surface area (Å²) in [5, 5.41) is 9.12. The summed E-state index contributed by atoms with van der Waals surface area (Å²) in [5.41, 5.74) is 2.56. The maximum atomic E-state index is 11.7. The molecule has 0 radical (unpaired) electrons. The Balaban J connectivity index is 1.90. The quantitative estimate of drug-likeness (QED) is 0.745. The Morgan fingerprint density at radius 2 is 1.90 bits per heavy atom. The number of benzene rings is 1. The fourth-order valence-corrected chi connectivity index (χ4v) is 3.05. The van der Waals surface area contributed by atoms with Gasteiger partial charge in [-0.1, -0.05) is 19.4 Å². The Morgan fingerprint density at radius 1 is 1.19 bits per heavy atom. The Morgan fingerprint density at radius 3 is 2.52 bits per heavy atom. The Bertz CT molecular complexity index is 567. The van der Waals surface area contributed by atoms with Gasteiger partial charge in [-0.15, -0.1) is 0 Å². The molecule has 5 heteroatoms. The van der Waals surface area contributed by atoms with Gasteiger partial charge < -0.3 is 16.0 Å². The maximum absolute atomic E-state index is 11.7. The average Bonchev–Trinajstić information content (AvgIpc) is 2.51. The minimum atomic E-state index is -0.263. The van der Waals surface area contributed by atoms with Crippen molar-refractivity contribution in [2.24, 2.45) is 5.92 Å². The highest BCUT2D eigenvalue weighted by Gasteiger charge is 2.28. The van der Waals surface area contributed by atoms with E-state index >= 15 is 0 Å². The van der Waals surface area contributed by atoms with E-state index in [1.54, 1.807) is 0 Å². The van der Waals surface area contributed by atoms with Gasteiger partial charge in [0.05, 0.1) is 11.4 Å². The van der Waals surface area contributed by atoms with Gasteiger partial charge in [-0.05, 0) is 43.0 Å². The van der Waals surface area contributed by atoms with Crippen molar-refractivity contribution in [1.82, 2.24) is 5.32 Å². The van der Waals surface area contributed by atoms with E-state index in [1.807, 2.05) is 18.2 Å². The van der Waals surface area contributed by atoms with Crippen molar-refractivity contribution < 1.29 is 9.59 Å². The van der Waals surface area contributed by atoms with Crippen LogP contribution >= 0.6 is 0 Å². The molecule has 5 nitrogen and oxygen atoms in total. The fraction of sp³-hybridized carbons (Fsp3) is 0.500.